The van der Waals surface area contributed by atoms with Crippen LogP contribution in [0.25, 0.3) is 0 Å². The van der Waals surface area contributed by atoms with Crippen LogP contribution in [0, 0.1) is 11.3 Å². The van der Waals surface area contributed by atoms with E-state index in [1.165, 1.54) is 5.56 Å². The first-order chi connectivity index (χ1) is 13.6. The van der Waals surface area contributed by atoms with Crippen LogP contribution in [-0.4, -0.2) is 55.2 Å². The summed E-state index contributed by atoms with van der Waals surface area (Å²) in [5.41, 5.74) is 3.66. The van der Waals surface area contributed by atoms with Gasteiger partial charge in [0.05, 0.1) is 24.3 Å². The van der Waals surface area contributed by atoms with Crippen molar-refractivity contribution in [2.24, 2.45) is 0 Å². The smallest absolute Gasteiger partial charge is 0.241 e. The molecular formula is C22H26N4O2. The summed E-state index contributed by atoms with van der Waals surface area (Å²) in [6.45, 7) is 2.33. The Bertz CT molecular complexity index is 862. The van der Waals surface area contributed by atoms with Crippen molar-refractivity contribution in [3.63, 3.8) is 0 Å². The van der Waals surface area contributed by atoms with Crippen LogP contribution in [0.3, 0.4) is 0 Å². The largest absolute Gasteiger partial charge is 0.391 e. The Balaban J connectivity index is 1.53. The van der Waals surface area contributed by atoms with Gasteiger partial charge in [-0.3, -0.25) is 4.79 Å². The number of hydrogen-bond acceptors (Lipinski definition) is 5. The van der Waals surface area contributed by atoms with Crippen molar-refractivity contribution in [2.45, 2.75) is 18.9 Å². The summed E-state index contributed by atoms with van der Waals surface area (Å²) in [5, 5.41) is 21.8. The van der Waals surface area contributed by atoms with Crippen LogP contribution in [0.4, 0.5) is 11.4 Å². The minimum absolute atomic E-state index is 0.00330. The monoisotopic (exact) mass is 378 g/mol. The average Bonchev–Trinajstić information content (AvgIpc) is 3.16. The molecule has 6 nitrogen and oxygen atoms in total. The topological polar surface area (TPSA) is 79.6 Å². The second-order valence-corrected chi connectivity index (χ2v) is 7.13. The van der Waals surface area contributed by atoms with Crippen LogP contribution < -0.4 is 10.2 Å². The number of anilines is 2. The van der Waals surface area contributed by atoms with Crippen LogP contribution in [-0.2, 0) is 11.2 Å². The van der Waals surface area contributed by atoms with Gasteiger partial charge >= 0.3 is 0 Å². The zero-order valence-corrected chi connectivity index (χ0v) is 16.1. The third kappa shape index (κ3) is 5.02. The number of hydrogen-bond donors (Lipinski definition) is 2. The molecule has 0 saturated carbocycles. The number of rotatable bonds is 7. The molecule has 0 radical (unpaired) electrons. The second-order valence-electron chi connectivity index (χ2n) is 7.13. The number of aliphatic hydroxyl groups is 1. The molecule has 0 unspecified atom stereocenters. The molecule has 1 aliphatic heterocycles. The molecular weight excluding hydrogens is 352 g/mol. The van der Waals surface area contributed by atoms with E-state index >= 15 is 0 Å². The summed E-state index contributed by atoms with van der Waals surface area (Å²) in [4.78, 5) is 16.4. The van der Waals surface area contributed by atoms with Crippen LogP contribution in [0.1, 0.15) is 17.5 Å². The Kier molecular flexibility index (Phi) is 6.51. The summed E-state index contributed by atoms with van der Waals surface area (Å²) in [6.07, 6.45) is 1.29. The first-order valence-corrected chi connectivity index (χ1v) is 9.55. The Morgan fingerprint density at radius 3 is 2.89 bits per heavy atom. The van der Waals surface area contributed by atoms with E-state index in [1.807, 2.05) is 18.2 Å². The molecule has 2 N–H and O–H groups in total. The molecule has 1 atom stereocenters. The van der Waals surface area contributed by atoms with Gasteiger partial charge in [-0.25, -0.2) is 0 Å². The van der Waals surface area contributed by atoms with E-state index in [2.05, 4.69) is 28.4 Å². The molecule has 1 aliphatic rings. The van der Waals surface area contributed by atoms with Gasteiger partial charge in [-0.1, -0.05) is 24.3 Å². The fraction of sp³-hybridized carbons (Fsp3) is 0.364. The lowest BCUT2D eigenvalue weighted by molar-refractivity contribution is -0.127. The Morgan fingerprint density at radius 2 is 2.14 bits per heavy atom. The van der Waals surface area contributed by atoms with E-state index in [9.17, 15) is 9.90 Å². The van der Waals surface area contributed by atoms with Crippen molar-refractivity contribution < 1.29 is 9.90 Å². The van der Waals surface area contributed by atoms with Crippen molar-refractivity contribution in [1.29, 1.82) is 5.26 Å². The Morgan fingerprint density at radius 1 is 1.32 bits per heavy atom. The Labute approximate surface area is 166 Å². The normalized spacial score (nSPS) is 15.9. The van der Waals surface area contributed by atoms with Gasteiger partial charge < -0.3 is 20.2 Å². The summed E-state index contributed by atoms with van der Waals surface area (Å²) in [5.74, 6) is -0.00330. The lowest BCUT2D eigenvalue weighted by Gasteiger charge is -2.23. The number of nitriles is 1. The number of aliphatic hydroxyl groups excluding tert-OH is 1. The van der Waals surface area contributed by atoms with Crippen molar-refractivity contribution in [3.8, 4) is 6.07 Å². The SMILES string of the molecule is CN(CCc1ccccc1N1CC[C@H](O)C1)C(=O)CNc1cccc(C#N)c1. The van der Waals surface area contributed by atoms with E-state index in [4.69, 9.17) is 5.26 Å². The van der Waals surface area contributed by atoms with Crippen molar-refractivity contribution in [2.75, 3.05) is 43.4 Å². The predicted octanol–water partition coefficient (Wildman–Crippen LogP) is 2.24. The zero-order chi connectivity index (χ0) is 19.9. The van der Waals surface area contributed by atoms with E-state index in [0.717, 1.165) is 30.8 Å². The third-order valence-corrected chi connectivity index (χ3v) is 5.07. The first-order valence-electron chi connectivity index (χ1n) is 9.55. The molecule has 0 bridgehead atoms. The summed E-state index contributed by atoms with van der Waals surface area (Å²) in [6, 6.07) is 17.4. The van der Waals surface area contributed by atoms with E-state index < -0.39 is 0 Å². The van der Waals surface area contributed by atoms with Gasteiger partial charge in [0.1, 0.15) is 0 Å². The summed E-state index contributed by atoms with van der Waals surface area (Å²) in [7, 11) is 1.80. The van der Waals surface area contributed by atoms with Gasteiger partial charge in [0.25, 0.3) is 0 Å². The lowest BCUT2D eigenvalue weighted by Crippen LogP contribution is -2.34. The van der Waals surface area contributed by atoms with Gasteiger partial charge in [0.15, 0.2) is 0 Å². The van der Waals surface area contributed by atoms with Gasteiger partial charge in [-0.15, -0.1) is 0 Å². The number of benzene rings is 2. The number of nitrogens with one attached hydrogen (secondary N) is 1. The first kappa shape index (κ1) is 19.7. The van der Waals surface area contributed by atoms with Crippen molar-refractivity contribution in [3.05, 3.63) is 59.7 Å². The molecule has 146 valence electrons. The molecule has 2 aromatic rings. The van der Waals surface area contributed by atoms with Crippen LogP contribution in [0.5, 0.6) is 0 Å². The average molecular weight is 378 g/mol. The fourth-order valence-electron chi connectivity index (χ4n) is 3.42. The minimum Gasteiger partial charge on any atom is -0.391 e. The molecule has 1 heterocycles. The molecule has 28 heavy (non-hydrogen) atoms. The third-order valence-electron chi connectivity index (χ3n) is 5.07. The van der Waals surface area contributed by atoms with Crippen molar-refractivity contribution in [1.82, 2.24) is 4.90 Å². The maximum absolute atomic E-state index is 12.4. The van der Waals surface area contributed by atoms with Gasteiger partial charge in [-0.2, -0.15) is 5.26 Å². The zero-order valence-electron chi connectivity index (χ0n) is 16.1. The second kappa shape index (κ2) is 9.25. The number of carbonyl (C=O) groups is 1. The highest BCUT2D eigenvalue weighted by atomic mass is 16.3. The van der Waals surface area contributed by atoms with Crippen molar-refractivity contribution >= 4 is 17.3 Å². The van der Waals surface area contributed by atoms with E-state index in [-0.39, 0.29) is 18.6 Å². The van der Waals surface area contributed by atoms with Gasteiger partial charge in [-0.05, 0) is 42.7 Å². The quantitative estimate of drug-likeness (QED) is 0.772. The van der Waals surface area contributed by atoms with Crippen LogP contribution >= 0.6 is 0 Å². The minimum atomic E-state index is -0.261. The molecule has 0 spiro atoms. The molecule has 1 amide bonds. The number of para-hydroxylation sites is 1. The maximum Gasteiger partial charge on any atom is 0.241 e. The highest BCUT2D eigenvalue weighted by Gasteiger charge is 2.22. The molecule has 1 fully saturated rings. The molecule has 2 aromatic carbocycles. The number of likely N-dealkylation sites (N-methyl/N-ethyl adjacent to an activating group) is 1. The molecule has 3 rings (SSSR count). The Hall–Kier alpha value is -3.04. The van der Waals surface area contributed by atoms with Gasteiger partial charge in [0.2, 0.25) is 5.91 Å². The highest BCUT2D eigenvalue weighted by molar-refractivity contribution is 5.80. The number of carbonyl (C=O) groups excluding carboxylic acids is 1. The van der Waals surface area contributed by atoms with Crippen LogP contribution in [0.2, 0.25) is 0 Å². The summed E-state index contributed by atoms with van der Waals surface area (Å²) >= 11 is 0. The summed E-state index contributed by atoms with van der Waals surface area (Å²) < 4.78 is 0. The molecule has 0 aromatic heterocycles. The lowest BCUT2D eigenvalue weighted by atomic mass is 10.1. The van der Waals surface area contributed by atoms with E-state index in [1.54, 1.807) is 30.1 Å². The van der Waals surface area contributed by atoms with Crippen LogP contribution in [0.15, 0.2) is 48.5 Å². The predicted molar refractivity (Wildman–Crippen MR) is 110 cm³/mol. The van der Waals surface area contributed by atoms with Gasteiger partial charge in [0, 0.05) is 38.1 Å². The molecule has 0 aliphatic carbocycles. The fourth-order valence-corrected chi connectivity index (χ4v) is 3.42. The maximum atomic E-state index is 12.4. The van der Waals surface area contributed by atoms with E-state index in [0.29, 0.717) is 18.7 Å². The molecule has 1 saturated heterocycles. The standard InChI is InChI=1S/C22H26N4O2/c1-25(22(28)15-24-19-7-4-5-17(13-19)14-23)11-9-18-6-2-3-8-21(18)26-12-10-20(27)16-26/h2-8,13,20,24,27H,9-12,15-16H2,1H3/t20-/m0/s1. The number of amides is 1. The number of nitrogens with zero attached hydrogens (tertiary/aromatic N) is 3. The molecule has 6 heteroatoms. The number of β-amino-alcohol motifs (C(OH)–C–C–N with tert-alkyl or cyclic N) is 1. The highest BCUT2D eigenvalue weighted by Crippen LogP contribution is 2.25.